The Morgan fingerprint density at radius 1 is 0.892 bits per heavy atom. The zero-order chi connectivity index (χ0) is 28.3. The minimum Gasteiger partial charge on any atom is -0.508 e. The van der Waals surface area contributed by atoms with Gasteiger partial charge in [-0.2, -0.15) is 0 Å². The molecule has 1 aromatic carbocycles. The van der Waals surface area contributed by atoms with Crippen LogP contribution in [0.25, 0.3) is 0 Å². The second kappa shape index (κ2) is 14.8. The van der Waals surface area contributed by atoms with Gasteiger partial charge in [0.25, 0.3) is 0 Å². The van der Waals surface area contributed by atoms with Crippen molar-refractivity contribution in [2.24, 2.45) is 11.7 Å². The normalized spacial score (nSPS) is 15.8. The van der Waals surface area contributed by atoms with E-state index in [4.69, 9.17) is 10.8 Å². The number of benzene rings is 1. The van der Waals surface area contributed by atoms with Gasteiger partial charge in [0, 0.05) is 12.8 Å². The number of amides is 3. The van der Waals surface area contributed by atoms with Crippen LogP contribution in [0.15, 0.2) is 24.3 Å². The Morgan fingerprint density at radius 3 is 1.95 bits per heavy atom. The lowest BCUT2D eigenvalue weighted by molar-refractivity contribution is -0.142. The lowest BCUT2D eigenvalue weighted by atomic mass is 9.96. The van der Waals surface area contributed by atoms with Crippen molar-refractivity contribution in [2.45, 2.75) is 76.7 Å². The number of phenols is 1. The lowest BCUT2D eigenvalue weighted by Gasteiger charge is -2.28. The highest BCUT2D eigenvalue weighted by atomic mass is 16.4. The molecule has 206 valence electrons. The van der Waals surface area contributed by atoms with Crippen LogP contribution < -0.4 is 21.7 Å². The number of aromatic hydroxyl groups is 1. The summed E-state index contributed by atoms with van der Waals surface area (Å²) in [4.78, 5) is 61.2. The molecule has 0 aliphatic heterocycles. The molecule has 37 heavy (non-hydrogen) atoms. The Labute approximate surface area is 214 Å². The van der Waals surface area contributed by atoms with E-state index >= 15 is 0 Å². The van der Waals surface area contributed by atoms with E-state index in [1.165, 1.54) is 31.2 Å². The van der Waals surface area contributed by atoms with Gasteiger partial charge in [-0.3, -0.25) is 19.2 Å². The minimum atomic E-state index is -1.37. The summed E-state index contributed by atoms with van der Waals surface area (Å²) in [5.74, 6) is -5.52. The standard InChI is InChI=1S/C24H36N4O9/c1-4-12(2)20(23(35)27-17(24(36)37)11-14-5-7-15(30)8-6-14)28-21(33)16(9-10-18(31)32)26-22(34)19(25)13(3)29/h5-8,12-13,16-17,19-20,29-30H,4,9-11,25H2,1-3H3,(H,26,34)(H,27,35)(H,28,33)(H,31,32)(H,36,37). The molecule has 1 rings (SSSR count). The predicted octanol–water partition coefficient (Wildman–Crippen LogP) is -0.907. The number of carboxylic acids is 2. The van der Waals surface area contributed by atoms with E-state index in [1.54, 1.807) is 13.8 Å². The molecule has 0 heterocycles. The number of carboxylic acid groups (broad SMARTS) is 2. The molecular formula is C24H36N4O9. The molecule has 0 saturated carbocycles. The summed E-state index contributed by atoms with van der Waals surface area (Å²) in [6, 6.07) is 0.504. The van der Waals surface area contributed by atoms with Crippen LogP contribution in [-0.4, -0.2) is 80.4 Å². The molecule has 0 radical (unpaired) electrons. The van der Waals surface area contributed by atoms with Crippen molar-refractivity contribution in [3.8, 4) is 5.75 Å². The average molecular weight is 525 g/mol. The van der Waals surface area contributed by atoms with Crippen LogP contribution in [0.3, 0.4) is 0 Å². The molecule has 3 amide bonds. The Bertz CT molecular complexity index is 952. The number of aliphatic hydroxyl groups excluding tert-OH is 1. The van der Waals surface area contributed by atoms with Gasteiger partial charge in [0.15, 0.2) is 0 Å². The smallest absolute Gasteiger partial charge is 0.326 e. The summed E-state index contributed by atoms with van der Waals surface area (Å²) >= 11 is 0. The van der Waals surface area contributed by atoms with Crippen molar-refractivity contribution < 1.29 is 44.4 Å². The van der Waals surface area contributed by atoms with Crippen molar-refractivity contribution in [1.82, 2.24) is 16.0 Å². The average Bonchev–Trinajstić information content (AvgIpc) is 2.84. The molecule has 1 aromatic rings. The molecular weight excluding hydrogens is 488 g/mol. The summed E-state index contributed by atoms with van der Waals surface area (Å²) < 4.78 is 0. The molecule has 9 N–H and O–H groups in total. The van der Waals surface area contributed by atoms with E-state index in [0.717, 1.165) is 0 Å². The van der Waals surface area contributed by atoms with Crippen molar-refractivity contribution in [2.75, 3.05) is 0 Å². The molecule has 0 fully saturated rings. The Morgan fingerprint density at radius 2 is 1.46 bits per heavy atom. The van der Waals surface area contributed by atoms with Gasteiger partial charge in [-0.15, -0.1) is 0 Å². The predicted molar refractivity (Wildman–Crippen MR) is 131 cm³/mol. The summed E-state index contributed by atoms with van der Waals surface area (Å²) in [6.07, 6.45) is -1.68. The highest BCUT2D eigenvalue weighted by Crippen LogP contribution is 2.13. The third-order valence-electron chi connectivity index (χ3n) is 5.89. The summed E-state index contributed by atoms with van der Waals surface area (Å²) in [7, 11) is 0. The fourth-order valence-electron chi connectivity index (χ4n) is 3.31. The molecule has 0 aliphatic rings. The van der Waals surface area contributed by atoms with Gasteiger partial charge >= 0.3 is 11.9 Å². The molecule has 0 aromatic heterocycles. The number of aliphatic carboxylic acids is 2. The van der Waals surface area contributed by atoms with Gasteiger partial charge in [-0.05, 0) is 37.0 Å². The molecule has 13 nitrogen and oxygen atoms in total. The van der Waals surface area contributed by atoms with E-state index in [9.17, 15) is 39.3 Å². The van der Waals surface area contributed by atoms with Crippen LogP contribution in [0, 0.1) is 5.92 Å². The highest BCUT2D eigenvalue weighted by molar-refractivity contribution is 5.94. The van der Waals surface area contributed by atoms with E-state index < -0.39 is 72.3 Å². The van der Waals surface area contributed by atoms with Crippen LogP contribution in [0.5, 0.6) is 5.75 Å². The maximum Gasteiger partial charge on any atom is 0.326 e. The highest BCUT2D eigenvalue weighted by Gasteiger charge is 2.33. The van der Waals surface area contributed by atoms with Gasteiger partial charge in [-0.25, -0.2) is 4.79 Å². The van der Waals surface area contributed by atoms with Gasteiger partial charge in [0.05, 0.1) is 6.10 Å². The van der Waals surface area contributed by atoms with E-state index in [0.29, 0.717) is 12.0 Å². The van der Waals surface area contributed by atoms with Crippen LogP contribution in [0.4, 0.5) is 0 Å². The molecule has 0 bridgehead atoms. The number of rotatable bonds is 15. The van der Waals surface area contributed by atoms with Crippen molar-refractivity contribution in [3.63, 3.8) is 0 Å². The third kappa shape index (κ3) is 10.4. The minimum absolute atomic E-state index is 0.00171. The summed E-state index contributed by atoms with van der Waals surface area (Å²) in [5.41, 5.74) is 6.14. The van der Waals surface area contributed by atoms with E-state index in [1.807, 2.05) is 0 Å². The van der Waals surface area contributed by atoms with Crippen molar-refractivity contribution in [1.29, 1.82) is 0 Å². The number of phenolic OH excluding ortho intramolecular Hbond substituents is 1. The number of carbonyl (C=O) groups excluding carboxylic acids is 3. The number of nitrogens with one attached hydrogen (secondary N) is 3. The first-order chi connectivity index (χ1) is 17.3. The molecule has 13 heteroatoms. The van der Waals surface area contributed by atoms with E-state index in [2.05, 4.69) is 16.0 Å². The molecule has 0 aliphatic carbocycles. The van der Waals surface area contributed by atoms with Gasteiger partial charge < -0.3 is 42.1 Å². The fourth-order valence-corrected chi connectivity index (χ4v) is 3.31. The molecule has 6 atom stereocenters. The van der Waals surface area contributed by atoms with Gasteiger partial charge in [0.1, 0.15) is 29.9 Å². The lowest BCUT2D eigenvalue weighted by Crippen LogP contribution is -2.59. The largest absolute Gasteiger partial charge is 0.508 e. The van der Waals surface area contributed by atoms with Crippen LogP contribution in [-0.2, 0) is 30.4 Å². The summed E-state index contributed by atoms with van der Waals surface area (Å²) in [5, 5.41) is 44.8. The monoisotopic (exact) mass is 524 g/mol. The first-order valence-corrected chi connectivity index (χ1v) is 11.8. The SMILES string of the molecule is CCC(C)C(NC(=O)C(CCC(=O)O)NC(=O)C(N)C(C)O)C(=O)NC(Cc1ccc(O)cc1)C(=O)O. The Hall–Kier alpha value is -3.71. The molecule has 0 spiro atoms. The maximum absolute atomic E-state index is 13.1. The van der Waals surface area contributed by atoms with Crippen molar-refractivity contribution in [3.05, 3.63) is 29.8 Å². The zero-order valence-corrected chi connectivity index (χ0v) is 21.0. The number of nitrogens with two attached hydrogens (primary N) is 1. The molecule has 0 saturated heterocycles. The second-order valence-electron chi connectivity index (χ2n) is 8.90. The zero-order valence-electron chi connectivity index (χ0n) is 21.0. The number of hydrogen-bond acceptors (Lipinski definition) is 8. The Balaban J connectivity index is 3.07. The van der Waals surface area contributed by atoms with E-state index in [-0.39, 0.29) is 18.6 Å². The van der Waals surface area contributed by atoms with Crippen LogP contribution >= 0.6 is 0 Å². The maximum atomic E-state index is 13.1. The van der Waals surface area contributed by atoms with Gasteiger partial charge in [-0.1, -0.05) is 32.4 Å². The fraction of sp³-hybridized carbons (Fsp3) is 0.542. The summed E-state index contributed by atoms with van der Waals surface area (Å²) in [6.45, 7) is 4.69. The van der Waals surface area contributed by atoms with Crippen molar-refractivity contribution >= 4 is 29.7 Å². The number of aliphatic hydroxyl groups is 1. The van der Waals surface area contributed by atoms with Crippen LogP contribution in [0.2, 0.25) is 0 Å². The van der Waals surface area contributed by atoms with Gasteiger partial charge in [0.2, 0.25) is 17.7 Å². The molecule has 6 unspecified atom stereocenters. The first kappa shape index (κ1) is 31.3. The number of hydrogen-bond donors (Lipinski definition) is 8. The Kier molecular flexibility index (Phi) is 12.5. The number of carbonyl (C=O) groups is 5. The first-order valence-electron chi connectivity index (χ1n) is 11.8. The topological polar surface area (TPSA) is 228 Å². The van der Waals surface area contributed by atoms with Crippen LogP contribution in [0.1, 0.15) is 45.6 Å². The second-order valence-corrected chi connectivity index (χ2v) is 8.90. The quantitative estimate of drug-likeness (QED) is 0.141. The third-order valence-corrected chi connectivity index (χ3v) is 5.89.